The molecule has 4 aliphatic carbocycles. The SMILES string of the molecule is CC1(C)[C@@H]2CC[C@@]1(C)C(=O)[C@@H]2CN(O)C[C@H]1C(=O)[C@]2(C)CC[C@@H]1C2(C)C. The first kappa shape index (κ1) is 18.6. The van der Waals surface area contributed by atoms with Crippen LogP contribution in [-0.2, 0) is 9.59 Å². The molecule has 0 aromatic carbocycles. The van der Waals surface area contributed by atoms with E-state index in [9.17, 15) is 14.8 Å². The standard InChI is InChI=1S/C22H35NO3/c1-19(2)15-7-9-21(19,5)17(24)13(15)11-23(26)12-14-16-8-10-22(6,18(14)25)20(16,3)4/h13-16,26H,7-12H2,1-6H3/t13-,14-,15-,16+,21+,22+/m1/s1. The van der Waals surface area contributed by atoms with Gasteiger partial charge in [0, 0.05) is 35.8 Å². The Bertz CT molecular complexity index is 612. The zero-order chi connectivity index (χ0) is 19.3. The molecule has 0 radical (unpaired) electrons. The van der Waals surface area contributed by atoms with E-state index in [2.05, 4.69) is 41.5 Å². The third-order valence-electron chi connectivity index (χ3n) is 10.2. The minimum Gasteiger partial charge on any atom is -0.314 e. The topological polar surface area (TPSA) is 57.6 Å². The number of hydrogen-bond acceptors (Lipinski definition) is 4. The maximum absolute atomic E-state index is 13.0. The van der Waals surface area contributed by atoms with E-state index in [1.165, 1.54) is 5.06 Å². The fraction of sp³-hybridized carbons (Fsp3) is 0.909. The second-order valence-corrected chi connectivity index (χ2v) is 11.2. The lowest BCUT2D eigenvalue weighted by Gasteiger charge is -2.32. The summed E-state index contributed by atoms with van der Waals surface area (Å²) in [6.07, 6.45) is 4.09. The molecule has 0 heterocycles. The van der Waals surface area contributed by atoms with Crippen LogP contribution in [0.15, 0.2) is 0 Å². The van der Waals surface area contributed by atoms with Crippen molar-refractivity contribution in [3.05, 3.63) is 0 Å². The molecule has 6 atom stereocenters. The molecule has 0 unspecified atom stereocenters. The van der Waals surface area contributed by atoms with Crippen LogP contribution in [0.3, 0.4) is 0 Å². The highest BCUT2D eigenvalue weighted by molar-refractivity contribution is 5.92. The van der Waals surface area contributed by atoms with Crippen molar-refractivity contribution in [2.45, 2.75) is 67.2 Å². The van der Waals surface area contributed by atoms with Crippen LogP contribution in [0.2, 0.25) is 0 Å². The van der Waals surface area contributed by atoms with Gasteiger partial charge in [0.1, 0.15) is 11.6 Å². The van der Waals surface area contributed by atoms with E-state index < -0.39 is 0 Å². The Morgan fingerprint density at radius 2 is 1.15 bits per heavy atom. The first-order chi connectivity index (χ1) is 11.9. The van der Waals surface area contributed by atoms with Crippen LogP contribution in [0.1, 0.15) is 67.2 Å². The molecule has 0 saturated heterocycles. The van der Waals surface area contributed by atoms with Crippen molar-refractivity contribution in [2.24, 2.45) is 45.3 Å². The molecule has 0 aliphatic heterocycles. The summed E-state index contributed by atoms with van der Waals surface area (Å²) in [6, 6.07) is 0. The zero-order valence-electron chi connectivity index (χ0n) is 17.3. The van der Waals surface area contributed by atoms with Gasteiger partial charge in [-0.2, -0.15) is 5.06 Å². The van der Waals surface area contributed by atoms with Crippen LogP contribution >= 0.6 is 0 Å². The highest BCUT2D eigenvalue weighted by Crippen LogP contribution is 2.67. The predicted molar refractivity (Wildman–Crippen MR) is 99.6 cm³/mol. The van der Waals surface area contributed by atoms with Crippen molar-refractivity contribution in [3.8, 4) is 0 Å². The Hall–Kier alpha value is -0.740. The Kier molecular flexibility index (Phi) is 3.72. The fourth-order valence-corrected chi connectivity index (χ4v) is 7.50. The minimum atomic E-state index is -0.249. The van der Waals surface area contributed by atoms with Gasteiger partial charge >= 0.3 is 0 Å². The lowest BCUT2D eigenvalue weighted by Crippen LogP contribution is -2.42. The molecule has 146 valence electrons. The summed E-state index contributed by atoms with van der Waals surface area (Å²) in [5.41, 5.74) is -0.484. The number of hydrogen-bond donors (Lipinski definition) is 1. The smallest absolute Gasteiger partial charge is 0.144 e. The third kappa shape index (κ3) is 1.93. The number of carbonyl (C=O) groups is 2. The van der Waals surface area contributed by atoms with E-state index in [1.807, 2.05) is 0 Å². The lowest BCUT2D eigenvalue weighted by molar-refractivity contribution is -0.148. The van der Waals surface area contributed by atoms with Gasteiger partial charge in [0.2, 0.25) is 0 Å². The summed E-state index contributed by atoms with van der Waals surface area (Å²) in [5, 5.41) is 12.0. The van der Waals surface area contributed by atoms with Gasteiger partial charge in [-0.3, -0.25) is 9.59 Å². The van der Waals surface area contributed by atoms with E-state index >= 15 is 0 Å². The van der Waals surface area contributed by atoms with Crippen molar-refractivity contribution in [2.75, 3.05) is 13.1 Å². The maximum Gasteiger partial charge on any atom is 0.144 e. The monoisotopic (exact) mass is 361 g/mol. The number of nitrogens with zero attached hydrogens (tertiary/aromatic N) is 1. The Morgan fingerprint density at radius 1 is 0.808 bits per heavy atom. The predicted octanol–water partition coefficient (Wildman–Crippen LogP) is 3.96. The van der Waals surface area contributed by atoms with Gasteiger partial charge in [0.05, 0.1) is 0 Å². The first-order valence-electron chi connectivity index (χ1n) is 10.4. The number of rotatable bonds is 4. The van der Waals surface area contributed by atoms with Gasteiger partial charge in [0.25, 0.3) is 0 Å². The van der Waals surface area contributed by atoms with Crippen molar-refractivity contribution in [1.82, 2.24) is 5.06 Å². The van der Waals surface area contributed by atoms with Crippen molar-refractivity contribution in [1.29, 1.82) is 0 Å². The molecule has 4 heteroatoms. The average Bonchev–Trinajstić information content (AvgIpc) is 3.02. The van der Waals surface area contributed by atoms with Gasteiger partial charge in [-0.1, -0.05) is 41.5 Å². The van der Waals surface area contributed by atoms with Crippen molar-refractivity contribution < 1.29 is 14.8 Å². The molecule has 4 rings (SSSR count). The molecule has 26 heavy (non-hydrogen) atoms. The Labute approximate surface area is 157 Å². The second kappa shape index (κ2) is 5.20. The van der Waals surface area contributed by atoms with E-state index in [0.717, 1.165) is 25.7 Å². The summed E-state index contributed by atoms with van der Waals surface area (Å²) in [6.45, 7) is 13.9. The molecule has 4 bridgehead atoms. The highest BCUT2D eigenvalue weighted by Gasteiger charge is 2.67. The van der Waals surface area contributed by atoms with Gasteiger partial charge in [-0.05, 0) is 48.3 Å². The van der Waals surface area contributed by atoms with Crippen LogP contribution in [0.5, 0.6) is 0 Å². The van der Waals surface area contributed by atoms with Gasteiger partial charge in [0.15, 0.2) is 0 Å². The quantitative estimate of drug-likeness (QED) is 0.770. The van der Waals surface area contributed by atoms with Gasteiger partial charge < -0.3 is 5.21 Å². The normalized spacial score (nSPS) is 48.2. The summed E-state index contributed by atoms with van der Waals surface area (Å²) < 4.78 is 0. The molecule has 0 aromatic rings. The largest absolute Gasteiger partial charge is 0.314 e. The summed E-state index contributed by atoms with van der Waals surface area (Å²) in [7, 11) is 0. The minimum absolute atomic E-state index is 0.00725. The molecule has 4 nitrogen and oxygen atoms in total. The van der Waals surface area contributed by atoms with E-state index in [0.29, 0.717) is 36.5 Å². The van der Waals surface area contributed by atoms with E-state index in [-0.39, 0.29) is 33.5 Å². The van der Waals surface area contributed by atoms with Gasteiger partial charge in [-0.25, -0.2) is 0 Å². The van der Waals surface area contributed by atoms with E-state index in [4.69, 9.17) is 0 Å². The number of Topliss-reactive ketones (excluding diaryl/α,β-unsaturated/α-hetero) is 2. The zero-order valence-corrected chi connectivity index (χ0v) is 17.3. The Balaban J connectivity index is 1.47. The highest BCUT2D eigenvalue weighted by atomic mass is 16.5. The van der Waals surface area contributed by atoms with Crippen molar-refractivity contribution >= 4 is 11.6 Å². The molecule has 0 aromatic heterocycles. The average molecular weight is 362 g/mol. The molecule has 1 N–H and O–H groups in total. The molecule has 4 fully saturated rings. The second-order valence-electron chi connectivity index (χ2n) is 11.2. The van der Waals surface area contributed by atoms with Crippen LogP contribution in [-0.4, -0.2) is 34.9 Å². The molecule has 4 aliphatic rings. The molecule has 0 spiro atoms. The fourth-order valence-electron chi connectivity index (χ4n) is 7.50. The summed E-state index contributed by atoms with van der Waals surface area (Å²) in [5.74, 6) is 1.16. The van der Waals surface area contributed by atoms with Crippen LogP contribution in [0, 0.1) is 45.3 Å². The van der Waals surface area contributed by atoms with E-state index in [1.54, 1.807) is 0 Å². The maximum atomic E-state index is 13.0. The third-order valence-corrected chi connectivity index (χ3v) is 10.2. The van der Waals surface area contributed by atoms with Gasteiger partial charge in [-0.15, -0.1) is 0 Å². The first-order valence-corrected chi connectivity index (χ1v) is 10.4. The summed E-state index contributed by atoms with van der Waals surface area (Å²) in [4.78, 5) is 26.0. The molecular formula is C22H35NO3. The number of hydroxylamine groups is 2. The van der Waals surface area contributed by atoms with Crippen LogP contribution in [0.4, 0.5) is 0 Å². The Morgan fingerprint density at radius 3 is 1.42 bits per heavy atom. The van der Waals surface area contributed by atoms with Crippen LogP contribution in [0.25, 0.3) is 0 Å². The van der Waals surface area contributed by atoms with Crippen molar-refractivity contribution in [3.63, 3.8) is 0 Å². The molecule has 0 amide bonds. The molecular weight excluding hydrogens is 326 g/mol. The van der Waals surface area contributed by atoms with Crippen LogP contribution < -0.4 is 0 Å². The number of ketones is 2. The summed E-state index contributed by atoms with van der Waals surface area (Å²) >= 11 is 0. The molecule has 4 saturated carbocycles. The number of carbonyl (C=O) groups excluding carboxylic acids is 2. The lowest BCUT2D eigenvalue weighted by atomic mass is 9.70. The number of fused-ring (bicyclic) bond motifs is 4.